The SMILES string of the molecule is COC(=O)C1CCC(NC(=O)Cc2ccc(F)cc2)CC1. The summed E-state index contributed by atoms with van der Waals surface area (Å²) in [5.41, 5.74) is 0.789. The van der Waals surface area contributed by atoms with Crippen LogP contribution >= 0.6 is 0 Å². The number of carbonyl (C=O) groups is 2. The molecule has 1 aromatic rings. The molecule has 1 N–H and O–H groups in total. The molecular weight excluding hydrogens is 273 g/mol. The highest BCUT2D eigenvalue weighted by Gasteiger charge is 2.27. The summed E-state index contributed by atoms with van der Waals surface area (Å²) in [6, 6.07) is 6.04. The number of rotatable bonds is 4. The van der Waals surface area contributed by atoms with Gasteiger partial charge >= 0.3 is 5.97 Å². The molecule has 0 aromatic heterocycles. The van der Waals surface area contributed by atoms with Gasteiger partial charge in [-0.15, -0.1) is 0 Å². The Morgan fingerprint density at radius 3 is 2.38 bits per heavy atom. The Labute approximate surface area is 123 Å². The standard InChI is InChI=1S/C16H20FNO3/c1-21-16(20)12-4-8-14(9-5-12)18-15(19)10-11-2-6-13(17)7-3-11/h2-3,6-7,12,14H,4-5,8-10H2,1H3,(H,18,19). The smallest absolute Gasteiger partial charge is 0.308 e. The molecule has 0 aliphatic heterocycles. The Morgan fingerprint density at radius 2 is 1.81 bits per heavy atom. The first-order valence-electron chi connectivity index (χ1n) is 7.20. The van der Waals surface area contributed by atoms with Gasteiger partial charge in [0.25, 0.3) is 0 Å². The summed E-state index contributed by atoms with van der Waals surface area (Å²) in [4.78, 5) is 23.4. The van der Waals surface area contributed by atoms with Crippen molar-refractivity contribution in [3.63, 3.8) is 0 Å². The number of esters is 1. The average Bonchev–Trinajstić information content (AvgIpc) is 2.49. The quantitative estimate of drug-likeness (QED) is 0.866. The normalized spacial score (nSPS) is 21.6. The van der Waals surface area contributed by atoms with Crippen molar-refractivity contribution in [2.45, 2.75) is 38.1 Å². The fraction of sp³-hybridized carbons (Fsp3) is 0.500. The van der Waals surface area contributed by atoms with Crippen molar-refractivity contribution in [1.82, 2.24) is 5.32 Å². The van der Waals surface area contributed by atoms with Gasteiger partial charge in [-0.2, -0.15) is 0 Å². The number of benzene rings is 1. The van der Waals surface area contributed by atoms with Crippen LogP contribution in [0.3, 0.4) is 0 Å². The molecule has 1 amide bonds. The molecule has 1 aromatic carbocycles. The Bertz CT molecular complexity index is 493. The van der Waals surface area contributed by atoms with E-state index < -0.39 is 0 Å². The van der Waals surface area contributed by atoms with Gasteiger partial charge in [-0.05, 0) is 43.4 Å². The van der Waals surface area contributed by atoms with Crippen LogP contribution in [0.2, 0.25) is 0 Å². The van der Waals surface area contributed by atoms with Gasteiger partial charge < -0.3 is 10.1 Å². The minimum absolute atomic E-state index is 0.0414. The van der Waals surface area contributed by atoms with E-state index in [0.29, 0.717) is 0 Å². The lowest BCUT2D eigenvalue weighted by Crippen LogP contribution is -2.39. The van der Waals surface area contributed by atoms with Crippen molar-refractivity contribution in [1.29, 1.82) is 0 Å². The monoisotopic (exact) mass is 293 g/mol. The number of hydrogen-bond acceptors (Lipinski definition) is 3. The van der Waals surface area contributed by atoms with Crippen LogP contribution in [0, 0.1) is 11.7 Å². The zero-order valence-corrected chi connectivity index (χ0v) is 12.1. The van der Waals surface area contributed by atoms with Crippen molar-refractivity contribution in [2.24, 2.45) is 5.92 Å². The van der Waals surface area contributed by atoms with Gasteiger partial charge in [0.15, 0.2) is 0 Å². The summed E-state index contributed by atoms with van der Waals surface area (Å²) in [7, 11) is 1.40. The van der Waals surface area contributed by atoms with Crippen LogP contribution in [0.25, 0.3) is 0 Å². The number of nitrogens with one attached hydrogen (secondary N) is 1. The maximum absolute atomic E-state index is 12.8. The number of amides is 1. The zero-order valence-electron chi connectivity index (χ0n) is 12.1. The Hall–Kier alpha value is -1.91. The second kappa shape index (κ2) is 7.20. The zero-order chi connectivity index (χ0) is 15.2. The average molecular weight is 293 g/mol. The van der Waals surface area contributed by atoms with Crippen molar-refractivity contribution in [3.05, 3.63) is 35.6 Å². The largest absolute Gasteiger partial charge is 0.469 e. The molecule has 1 fully saturated rings. The molecule has 1 aliphatic rings. The van der Waals surface area contributed by atoms with Crippen LogP contribution in [0.15, 0.2) is 24.3 Å². The third kappa shape index (κ3) is 4.55. The number of halogens is 1. The summed E-state index contributed by atoms with van der Waals surface area (Å²) in [5, 5.41) is 2.97. The maximum Gasteiger partial charge on any atom is 0.308 e. The highest BCUT2D eigenvalue weighted by atomic mass is 19.1. The summed E-state index contributed by atoms with van der Waals surface area (Å²) < 4.78 is 17.5. The molecule has 114 valence electrons. The molecule has 1 saturated carbocycles. The molecule has 4 nitrogen and oxygen atoms in total. The Morgan fingerprint density at radius 1 is 1.19 bits per heavy atom. The number of carbonyl (C=O) groups excluding carboxylic acids is 2. The summed E-state index contributed by atoms with van der Waals surface area (Å²) >= 11 is 0. The van der Waals surface area contributed by atoms with E-state index in [4.69, 9.17) is 4.74 Å². The van der Waals surface area contributed by atoms with Gasteiger partial charge in [0.05, 0.1) is 19.4 Å². The van der Waals surface area contributed by atoms with Crippen LogP contribution in [-0.2, 0) is 20.7 Å². The van der Waals surface area contributed by atoms with E-state index in [1.807, 2.05) is 0 Å². The Balaban J connectivity index is 1.76. The van der Waals surface area contributed by atoms with Gasteiger partial charge in [-0.3, -0.25) is 9.59 Å². The van der Waals surface area contributed by atoms with Gasteiger partial charge in [0.2, 0.25) is 5.91 Å². The summed E-state index contributed by atoms with van der Waals surface area (Å²) in [6.45, 7) is 0. The topological polar surface area (TPSA) is 55.4 Å². The first kappa shape index (κ1) is 15.5. The molecule has 0 radical (unpaired) electrons. The highest BCUT2D eigenvalue weighted by Crippen LogP contribution is 2.25. The second-order valence-corrected chi connectivity index (χ2v) is 5.44. The lowest BCUT2D eigenvalue weighted by Gasteiger charge is -2.27. The van der Waals surface area contributed by atoms with Crippen molar-refractivity contribution >= 4 is 11.9 Å². The van der Waals surface area contributed by atoms with Gasteiger partial charge in [0.1, 0.15) is 5.82 Å². The van der Waals surface area contributed by atoms with Gasteiger partial charge in [0, 0.05) is 6.04 Å². The molecule has 2 rings (SSSR count). The van der Waals surface area contributed by atoms with E-state index in [1.54, 1.807) is 12.1 Å². The molecule has 21 heavy (non-hydrogen) atoms. The van der Waals surface area contributed by atoms with Crippen LogP contribution in [-0.4, -0.2) is 25.0 Å². The summed E-state index contributed by atoms with van der Waals surface area (Å²) in [6.07, 6.45) is 3.31. The molecule has 0 heterocycles. The first-order chi connectivity index (χ1) is 10.1. The Kier molecular flexibility index (Phi) is 5.31. The molecule has 5 heteroatoms. The van der Waals surface area contributed by atoms with E-state index in [0.717, 1.165) is 31.2 Å². The lowest BCUT2D eigenvalue weighted by molar-refractivity contribution is -0.146. The molecule has 0 spiro atoms. The molecule has 1 aliphatic carbocycles. The number of hydrogen-bond donors (Lipinski definition) is 1. The maximum atomic E-state index is 12.8. The van der Waals surface area contributed by atoms with Gasteiger partial charge in [-0.1, -0.05) is 12.1 Å². The van der Waals surface area contributed by atoms with E-state index >= 15 is 0 Å². The fourth-order valence-electron chi connectivity index (χ4n) is 2.71. The predicted molar refractivity (Wildman–Crippen MR) is 76.0 cm³/mol. The van der Waals surface area contributed by atoms with E-state index in [1.165, 1.54) is 19.2 Å². The van der Waals surface area contributed by atoms with Crippen LogP contribution < -0.4 is 5.32 Å². The first-order valence-corrected chi connectivity index (χ1v) is 7.20. The highest BCUT2D eigenvalue weighted by molar-refractivity contribution is 5.79. The van der Waals surface area contributed by atoms with Crippen molar-refractivity contribution in [2.75, 3.05) is 7.11 Å². The number of methoxy groups -OCH3 is 1. The van der Waals surface area contributed by atoms with E-state index in [-0.39, 0.29) is 36.1 Å². The molecule has 0 bridgehead atoms. The minimum atomic E-state index is -0.305. The lowest BCUT2D eigenvalue weighted by atomic mass is 9.86. The number of ether oxygens (including phenoxy) is 1. The van der Waals surface area contributed by atoms with E-state index in [9.17, 15) is 14.0 Å². The molecule has 0 atom stereocenters. The second-order valence-electron chi connectivity index (χ2n) is 5.44. The van der Waals surface area contributed by atoms with E-state index in [2.05, 4.69) is 5.32 Å². The van der Waals surface area contributed by atoms with Gasteiger partial charge in [-0.25, -0.2) is 4.39 Å². The molecular formula is C16H20FNO3. The molecule has 0 saturated heterocycles. The van der Waals surface area contributed by atoms with Crippen molar-refractivity contribution < 1.29 is 18.7 Å². The summed E-state index contributed by atoms with van der Waals surface area (Å²) in [5.74, 6) is -0.574. The van der Waals surface area contributed by atoms with Crippen molar-refractivity contribution in [3.8, 4) is 0 Å². The van der Waals surface area contributed by atoms with Crippen LogP contribution in [0.5, 0.6) is 0 Å². The minimum Gasteiger partial charge on any atom is -0.469 e. The van der Waals surface area contributed by atoms with Crippen LogP contribution in [0.4, 0.5) is 4.39 Å². The van der Waals surface area contributed by atoms with Crippen LogP contribution in [0.1, 0.15) is 31.2 Å². The third-order valence-electron chi connectivity index (χ3n) is 3.90. The molecule has 0 unspecified atom stereocenters. The fourth-order valence-corrected chi connectivity index (χ4v) is 2.71. The predicted octanol–water partition coefficient (Wildman–Crippen LogP) is 2.22. The third-order valence-corrected chi connectivity index (χ3v) is 3.90.